The fourth-order valence-corrected chi connectivity index (χ4v) is 3.21. The van der Waals surface area contributed by atoms with Gasteiger partial charge < -0.3 is 10.6 Å². The van der Waals surface area contributed by atoms with Crippen LogP contribution in [0.3, 0.4) is 0 Å². The van der Waals surface area contributed by atoms with Crippen molar-refractivity contribution in [3.63, 3.8) is 0 Å². The maximum Gasteiger partial charge on any atom is 0.0417 e. The molecule has 1 saturated heterocycles. The number of hydrogen-bond donors (Lipinski definition) is 1. The van der Waals surface area contributed by atoms with Crippen LogP contribution in [0.15, 0.2) is 18.2 Å². The van der Waals surface area contributed by atoms with E-state index in [1.54, 1.807) is 0 Å². The van der Waals surface area contributed by atoms with Crippen LogP contribution in [-0.2, 0) is 6.54 Å². The zero-order valence-electron chi connectivity index (χ0n) is 10.1. The first-order valence-corrected chi connectivity index (χ1v) is 7.02. The van der Waals surface area contributed by atoms with Crippen LogP contribution in [0.2, 0.25) is 0 Å². The summed E-state index contributed by atoms with van der Waals surface area (Å²) in [6.07, 6.45) is 0. The summed E-state index contributed by atoms with van der Waals surface area (Å²) in [6.45, 7) is 6.22. The molecule has 2 rings (SSSR count). The molecule has 1 atom stereocenters. The maximum atomic E-state index is 5.82. The van der Waals surface area contributed by atoms with Gasteiger partial charge in [-0.1, -0.05) is 12.1 Å². The summed E-state index contributed by atoms with van der Waals surface area (Å²) in [6, 6.07) is 7.20. The van der Waals surface area contributed by atoms with Crippen molar-refractivity contribution in [1.82, 2.24) is 0 Å². The second-order valence-corrected chi connectivity index (χ2v) is 5.60. The molecule has 88 valence electrons. The van der Waals surface area contributed by atoms with Crippen LogP contribution in [0.25, 0.3) is 0 Å². The normalized spacial score (nSPS) is 21.2. The maximum absolute atomic E-state index is 5.82. The van der Waals surface area contributed by atoms with E-state index in [9.17, 15) is 0 Å². The Hall–Kier alpha value is -0.670. The second-order valence-electron chi connectivity index (χ2n) is 4.45. The Labute approximate surface area is 102 Å². The lowest BCUT2D eigenvalue weighted by Gasteiger charge is -2.36. The molecular formula is C13H20N2S. The van der Waals surface area contributed by atoms with Gasteiger partial charge in [-0.3, -0.25) is 0 Å². The van der Waals surface area contributed by atoms with E-state index in [4.69, 9.17) is 5.73 Å². The molecule has 3 heteroatoms. The zero-order valence-corrected chi connectivity index (χ0v) is 10.9. The van der Waals surface area contributed by atoms with Crippen molar-refractivity contribution in [3.05, 3.63) is 29.3 Å². The van der Waals surface area contributed by atoms with Crippen molar-refractivity contribution in [2.75, 3.05) is 23.0 Å². The summed E-state index contributed by atoms with van der Waals surface area (Å²) in [7, 11) is 0. The van der Waals surface area contributed by atoms with Gasteiger partial charge in [0.2, 0.25) is 0 Å². The first-order chi connectivity index (χ1) is 7.72. The van der Waals surface area contributed by atoms with Gasteiger partial charge in [0.05, 0.1) is 0 Å². The Morgan fingerprint density at radius 1 is 1.50 bits per heavy atom. The van der Waals surface area contributed by atoms with Gasteiger partial charge in [0.1, 0.15) is 0 Å². The Balaban J connectivity index is 2.33. The van der Waals surface area contributed by atoms with Crippen LogP contribution in [0.4, 0.5) is 5.69 Å². The molecule has 0 saturated carbocycles. The molecule has 1 aliphatic rings. The van der Waals surface area contributed by atoms with Crippen LogP contribution in [-0.4, -0.2) is 24.1 Å². The number of nitrogens with two attached hydrogens (primary N) is 1. The third-order valence-corrected chi connectivity index (χ3v) is 4.33. The van der Waals surface area contributed by atoms with E-state index in [1.807, 2.05) is 11.8 Å². The minimum Gasteiger partial charge on any atom is -0.367 e. The number of hydrogen-bond acceptors (Lipinski definition) is 3. The smallest absolute Gasteiger partial charge is 0.0417 e. The van der Waals surface area contributed by atoms with Gasteiger partial charge in [-0.05, 0) is 31.0 Å². The second kappa shape index (κ2) is 5.11. The molecule has 0 spiro atoms. The molecule has 1 unspecified atom stereocenters. The Morgan fingerprint density at radius 2 is 2.31 bits per heavy atom. The lowest BCUT2D eigenvalue weighted by Crippen LogP contribution is -2.41. The number of nitrogens with zero attached hydrogens (tertiary/aromatic N) is 1. The molecule has 1 aliphatic heterocycles. The molecule has 0 bridgehead atoms. The lowest BCUT2D eigenvalue weighted by molar-refractivity contribution is 0.695. The van der Waals surface area contributed by atoms with Crippen molar-refractivity contribution in [2.45, 2.75) is 26.4 Å². The molecule has 0 aromatic heterocycles. The summed E-state index contributed by atoms with van der Waals surface area (Å²) < 4.78 is 0. The molecule has 16 heavy (non-hydrogen) atoms. The molecule has 1 heterocycles. The predicted octanol–water partition coefficient (Wildman–Crippen LogP) is 2.40. The predicted molar refractivity (Wildman–Crippen MR) is 73.2 cm³/mol. The number of thioether (sulfide) groups is 1. The highest BCUT2D eigenvalue weighted by Gasteiger charge is 2.20. The Bertz CT molecular complexity index is 365. The number of aryl methyl sites for hydroxylation is 1. The molecule has 0 radical (unpaired) electrons. The van der Waals surface area contributed by atoms with Gasteiger partial charge in [0.15, 0.2) is 0 Å². The standard InChI is InChI=1S/C13H20N2S/c1-10-3-4-12(8-14)13(7-10)15-5-6-16-9-11(15)2/h3-4,7,11H,5-6,8-9,14H2,1-2H3. The summed E-state index contributed by atoms with van der Waals surface area (Å²) >= 11 is 2.05. The van der Waals surface area contributed by atoms with Gasteiger partial charge in [-0.15, -0.1) is 0 Å². The van der Waals surface area contributed by atoms with E-state index >= 15 is 0 Å². The quantitative estimate of drug-likeness (QED) is 0.855. The third-order valence-electron chi connectivity index (χ3n) is 3.14. The van der Waals surface area contributed by atoms with E-state index in [1.165, 1.54) is 28.3 Å². The third kappa shape index (κ3) is 2.36. The highest BCUT2D eigenvalue weighted by molar-refractivity contribution is 7.99. The molecule has 1 aromatic carbocycles. The number of rotatable bonds is 2. The summed E-state index contributed by atoms with van der Waals surface area (Å²) in [4.78, 5) is 2.51. The summed E-state index contributed by atoms with van der Waals surface area (Å²) in [5, 5.41) is 0. The molecule has 0 aliphatic carbocycles. The Kier molecular flexibility index (Phi) is 3.77. The molecule has 2 nitrogen and oxygen atoms in total. The average Bonchev–Trinajstić information content (AvgIpc) is 2.29. The fraction of sp³-hybridized carbons (Fsp3) is 0.538. The van der Waals surface area contributed by atoms with Crippen LogP contribution in [0, 0.1) is 6.92 Å². The van der Waals surface area contributed by atoms with Crippen LogP contribution >= 0.6 is 11.8 Å². The van der Waals surface area contributed by atoms with Crippen LogP contribution in [0.1, 0.15) is 18.1 Å². The SMILES string of the molecule is Cc1ccc(CN)c(N2CCSCC2C)c1. The first-order valence-electron chi connectivity index (χ1n) is 5.86. The van der Waals surface area contributed by atoms with Crippen molar-refractivity contribution in [3.8, 4) is 0 Å². The number of anilines is 1. The molecule has 1 fully saturated rings. The average molecular weight is 236 g/mol. The highest BCUT2D eigenvalue weighted by Crippen LogP contribution is 2.28. The van der Waals surface area contributed by atoms with Crippen LogP contribution < -0.4 is 10.6 Å². The largest absolute Gasteiger partial charge is 0.367 e. The summed E-state index contributed by atoms with van der Waals surface area (Å²) in [5.41, 5.74) is 9.75. The minimum atomic E-state index is 0.617. The Morgan fingerprint density at radius 3 is 3.00 bits per heavy atom. The van der Waals surface area contributed by atoms with E-state index < -0.39 is 0 Å². The monoisotopic (exact) mass is 236 g/mol. The van der Waals surface area contributed by atoms with Crippen molar-refractivity contribution in [1.29, 1.82) is 0 Å². The van der Waals surface area contributed by atoms with E-state index in [0.717, 1.165) is 6.54 Å². The van der Waals surface area contributed by atoms with Gasteiger partial charge in [-0.2, -0.15) is 11.8 Å². The van der Waals surface area contributed by atoms with Crippen LogP contribution in [0.5, 0.6) is 0 Å². The topological polar surface area (TPSA) is 29.3 Å². The molecule has 1 aromatic rings. The van der Waals surface area contributed by atoms with Gasteiger partial charge in [0, 0.05) is 36.3 Å². The minimum absolute atomic E-state index is 0.617. The van der Waals surface area contributed by atoms with Crippen molar-refractivity contribution in [2.24, 2.45) is 5.73 Å². The summed E-state index contributed by atoms with van der Waals surface area (Å²) in [5.74, 6) is 2.44. The van der Waals surface area contributed by atoms with E-state index in [-0.39, 0.29) is 0 Å². The highest BCUT2D eigenvalue weighted by atomic mass is 32.2. The van der Waals surface area contributed by atoms with Gasteiger partial charge >= 0.3 is 0 Å². The molecular weight excluding hydrogens is 216 g/mol. The molecule has 2 N–H and O–H groups in total. The van der Waals surface area contributed by atoms with Crippen molar-refractivity contribution >= 4 is 17.4 Å². The first kappa shape index (κ1) is 11.8. The van der Waals surface area contributed by atoms with Gasteiger partial charge in [-0.25, -0.2) is 0 Å². The van der Waals surface area contributed by atoms with Crippen molar-refractivity contribution < 1.29 is 0 Å². The van der Waals surface area contributed by atoms with Gasteiger partial charge in [0.25, 0.3) is 0 Å². The number of benzene rings is 1. The van der Waals surface area contributed by atoms with E-state index in [0.29, 0.717) is 12.6 Å². The lowest BCUT2D eigenvalue weighted by atomic mass is 10.1. The fourth-order valence-electron chi connectivity index (χ4n) is 2.20. The zero-order chi connectivity index (χ0) is 11.5. The van der Waals surface area contributed by atoms with E-state index in [2.05, 4.69) is 36.9 Å². The molecule has 0 amide bonds.